The van der Waals surface area contributed by atoms with Gasteiger partial charge in [0.2, 0.25) is 0 Å². The monoisotopic (exact) mass is 180 g/mol. The molecule has 0 aromatic carbocycles. The van der Waals surface area contributed by atoms with Gasteiger partial charge in [0.15, 0.2) is 0 Å². The van der Waals surface area contributed by atoms with Gasteiger partial charge in [0.1, 0.15) is 12.2 Å². The van der Waals surface area contributed by atoms with Crippen LogP contribution < -0.4 is 0 Å². The SMILES string of the molecule is O=C1O[C@@H]2[C@H]3C[C@H]4[C@@H]2OC(=O)[C@@H]4[C@H]13. The quantitative estimate of drug-likeness (QED) is 0.481. The van der Waals surface area contributed by atoms with E-state index >= 15 is 0 Å². The molecule has 0 radical (unpaired) electrons. The van der Waals surface area contributed by atoms with Crippen molar-refractivity contribution < 1.29 is 19.1 Å². The molecule has 2 saturated heterocycles. The van der Waals surface area contributed by atoms with E-state index in [2.05, 4.69) is 0 Å². The Balaban J connectivity index is 1.94. The highest BCUT2D eigenvalue weighted by Gasteiger charge is 2.73. The number of fused-ring (bicyclic) bond motifs is 2. The number of hydrogen-bond donors (Lipinski definition) is 0. The maximum Gasteiger partial charge on any atom is 0.310 e. The largest absolute Gasteiger partial charge is 0.458 e. The lowest BCUT2D eigenvalue weighted by atomic mass is 9.81. The fourth-order valence-corrected chi connectivity index (χ4v) is 3.68. The Kier molecular flexibility index (Phi) is 0.791. The Morgan fingerprint density at radius 3 is 1.85 bits per heavy atom. The van der Waals surface area contributed by atoms with Crippen molar-refractivity contribution >= 4 is 11.9 Å². The summed E-state index contributed by atoms with van der Waals surface area (Å²) in [4.78, 5) is 22.8. The van der Waals surface area contributed by atoms with E-state index in [0.717, 1.165) is 6.42 Å². The summed E-state index contributed by atoms with van der Waals surface area (Å²) < 4.78 is 10.4. The van der Waals surface area contributed by atoms with Crippen LogP contribution >= 0.6 is 0 Å². The van der Waals surface area contributed by atoms with Gasteiger partial charge in [-0.1, -0.05) is 0 Å². The second kappa shape index (κ2) is 1.61. The van der Waals surface area contributed by atoms with Gasteiger partial charge in [-0.15, -0.1) is 0 Å². The predicted octanol–water partition coefficient (Wildman–Crippen LogP) is -0.281. The van der Waals surface area contributed by atoms with Crippen molar-refractivity contribution in [1.82, 2.24) is 0 Å². The second-order valence-corrected chi connectivity index (χ2v) is 4.42. The lowest BCUT2D eigenvalue weighted by Crippen LogP contribution is -2.31. The van der Waals surface area contributed by atoms with E-state index in [9.17, 15) is 9.59 Å². The van der Waals surface area contributed by atoms with Crippen LogP contribution in [0.25, 0.3) is 0 Å². The molecular formula is C9H8O4. The highest BCUT2D eigenvalue weighted by atomic mass is 16.6. The molecule has 13 heavy (non-hydrogen) atoms. The summed E-state index contributed by atoms with van der Waals surface area (Å²) in [7, 11) is 0. The van der Waals surface area contributed by atoms with Gasteiger partial charge in [-0.05, 0) is 6.42 Å². The van der Waals surface area contributed by atoms with Crippen molar-refractivity contribution in [3.63, 3.8) is 0 Å². The fourth-order valence-electron chi connectivity index (χ4n) is 3.68. The minimum Gasteiger partial charge on any atom is -0.458 e. The van der Waals surface area contributed by atoms with Crippen molar-refractivity contribution in [3.8, 4) is 0 Å². The molecule has 0 spiro atoms. The first-order valence-electron chi connectivity index (χ1n) is 4.68. The molecule has 2 bridgehead atoms. The summed E-state index contributed by atoms with van der Waals surface area (Å²) in [5, 5.41) is 0. The van der Waals surface area contributed by atoms with Crippen LogP contribution in [0.1, 0.15) is 6.42 Å². The van der Waals surface area contributed by atoms with E-state index in [1.165, 1.54) is 0 Å². The van der Waals surface area contributed by atoms with Crippen LogP contribution in [0.15, 0.2) is 0 Å². The minimum absolute atomic E-state index is 0.106. The lowest BCUT2D eigenvalue weighted by molar-refractivity contribution is -0.160. The van der Waals surface area contributed by atoms with E-state index in [-0.39, 0.29) is 47.8 Å². The maximum atomic E-state index is 11.4. The van der Waals surface area contributed by atoms with Crippen LogP contribution in [-0.2, 0) is 19.1 Å². The molecule has 2 aliphatic carbocycles. The van der Waals surface area contributed by atoms with Gasteiger partial charge in [-0.2, -0.15) is 0 Å². The van der Waals surface area contributed by atoms with E-state index < -0.39 is 0 Å². The molecule has 4 heteroatoms. The molecular weight excluding hydrogens is 172 g/mol. The number of rotatable bonds is 0. The molecule has 0 aromatic heterocycles. The van der Waals surface area contributed by atoms with Crippen molar-refractivity contribution in [2.24, 2.45) is 23.7 Å². The Morgan fingerprint density at radius 1 is 0.923 bits per heavy atom. The fraction of sp³-hybridized carbons (Fsp3) is 0.778. The van der Waals surface area contributed by atoms with Gasteiger partial charge in [0.25, 0.3) is 0 Å². The van der Waals surface area contributed by atoms with Gasteiger partial charge < -0.3 is 9.47 Å². The van der Waals surface area contributed by atoms with Crippen LogP contribution in [-0.4, -0.2) is 24.1 Å². The third-order valence-corrected chi connectivity index (χ3v) is 4.07. The first-order chi connectivity index (χ1) is 6.27. The summed E-state index contributed by atoms with van der Waals surface area (Å²) in [6, 6.07) is 0. The van der Waals surface area contributed by atoms with Gasteiger partial charge in [0.05, 0.1) is 11.8 Å². The molecule has 0 aromatic rings. The van der Waals surface area contributed by atoms with E-state index in [4.69, 9.17) is 9.47 Å². The van der Waals surface area contributed by atoms with Crippen molar-refractivity contribution in [3.05, 3.63) is 0 Å². The zero-order valence-electron chi connectivity index (χ0n) is 6.80. The summed E-state index contributed by atoms with van der Waals surface area (Å²) in [5.41, 5.74) is 0. The van der Waals surface area contributed by atoms with Crippen LogP contribution in [0.5, 0.6) is 0 Å². The molecule has 2 saturated carbocycles. The molecule has 0 unspecified atom stereocenters. The molecule has 0 N–H and O–H groups in total. The maximum absolute atomic E-state index is 11.4. The summed E-state index contributed by atoms with van der Waals surface area (Å²) in [6.07, 6.45) is 0.734. The third-order valence-electron chi connectivity index (χ3n) is 4.07. The van der Waals surface area contributed by atoms with Crippen molar-refractivity contribution in [1.29, 1.82) is 0 Å². The second-order valence-electron chi connectivity index (χ2n) is 4.42. The van der Waals surface area contributed by atoms with E-state index in [0.29, 0.717) is 0 Å². The Labute approximate surface area is 74.2 Å². The number of esters is 2. The molecule has 0 amide bonds. The van der Waals surface area contributed by atoms with E-state index in [1.54, 1.807) is 0 Å². The smallest absolute Gasteiger partial charge is 0.310 e. The first-order valence-corrected chi connectivity index (χ1v) is 4.68. The highest BCUT2D eigenvalue weighted by molar-refractivity contribution is 5.88. The Morgan fingerprint density at radius 2 is 1.38 bits per heavy atom. The predicted molar refractivity (Wildman–Crippen MR) is 38.3 cm³/mol. The molecule has 4 aliphatic rings. The standard InChI is InChI=1S/C9H8O4/c10-8-4-2-1-3-5(4)9(11)13-7(3)6(2)12-8/h2-7H,1H2/t2-,3+,4+,5-,6+,7-. The minimum atomic E-state index is -0.166. The van der Waals surface area contributed by atoms with Crippen LogP contribution in [0.3, 0.4) is 0 Å². The molecule has 4 rings (SSSR count). The zero-order chi connectivity index (χ0) is 8.74. The number of carbonyl (C=O) groups excluding carboxylic acids is 2. The van der Waals surface area contributed by atoms with Crippen molar-refractivity contribution in [2.45, 2.75) is 18.6 Å². The van der Waals surface area contributed by atoms with Gasteiger partial charge in [0, 0.05) is 11.8 Å². The molecule has 4 fully saturated rings. The highest BCUT2D eigenvalue weighted by Crippen LogP contribution is 2.62. The molecule has 68 valence electrons. The summed E-state index contributed by atoms with van der Waals surface area (Å²) >= 11 is 0. The van der Waals surface area contributed by atoms with Crippen molar-refractivity contribution in [2.75, 3.05) is 0 Å². The van der Waals surface area contributed by atoms with Crippen LogP contribution in [0.4, 0.5) is 0 Å². The topological polar surface area (TPSA) is 52.6 Å². The molecule has 2 heterocycles. The van der Waals surface area contributed by atoms with Gasteiger partial charge >= 0.3 is 11.9 Å². The van der Waals surface area contributed by atoms with Gasteiger partial charge in [-0.3, -0.25) is 9.59 Å². The molecule has 6 atom stereocenters. The average molecular weight is 180 g/mol. The first kappa shape index (κ1) is 6.40. The number of hydrogen-bond acceptors (Lipinski definition) is 4. The number of carbonyl (C=O) groups is 2. The summed E-state index contributed by atoms with van der Waals surface area (Å²) in [5.74, 6) is -0.108. The van der Waals surface area contributed by atoms with E-state index in [1.807, 2.05) is 0 Å². The zero-order valence-corrected chi connectivity index (χ0v) is 6.80. The molecule has 2 aliphatic heterocycles. The number of ether oxygens (including phenoxy) is 2. The normalized spacial score (nSPS) is 60.0. The third kappa shape index (κ3) is 0.474. The lowest BCUT2D eigenvalue weighted by Gasteiger charge is -2.17. The Bertz CT molecular complexity index is 301. The summed E-state index contributed by atoms with van der Waals surface area (Å²) in [6.45, 7) is 0. The van der Waals surface area contributed by atoms with Crippen LogP contribution in [0.2, 0.25) is 0 Å². The Hall–Kier alpha value is -1.06. The van der Waals surface area contributed by atoms with Crippen LogP contribution in [0, 0.1) is 23.7 Å². The average Bonchev–Trinajstić information content (AvgIpc) is 2.67. The van der Waals surface area contributed by atoms with Gasteiger partial charge in [-0.25, -0.2) is 0 Å². The molecule has 4 nitrogen and oxygen atoms in total.